The summed E-state index contributed by atoms with van der Waals surface area (Å²) in [5, 5.41) is 30.0. The number of rotatable bonds is 8. The molecule has 0 aliphatic carbocycles. The van der Waals surface area contributed by atoms with Crippen molar-refractivity contribution in [2.75, 3.05) is 0 Å². The maximum absolute atomic E-state index is 12.7. The predicted molar refractivity (Wildman–Crippen MR) is 173 cm³/mol. The Labute approximate surface area is 261 Å². The topological polar surface area (TPSA) is 169 Å². The molecule has 10 nitrogen and oxygen atoms in total. The minimum atomic E-state index is -1.22. The van der Waals surface area contributed by atoms with Gasteiger partial charge < -0.3 is 25.3 Å². The van der Waals surface area contributed by atoms with Crippen LogP contribution >= 0.6 is 0 Å². The van der Waals surface area contributed by atoms with Crippen molar-refractivity contribution in [1.82, 2.24) is 19.9 Å². The Balaban J connectivity index is 2.04. The number of aromatic amines is 2. The van der Waals surface area contributed by atoms with Gasteiger partial charge in [0.2, 0.25) is 0 Å². The van der Waals surface area contributed by atoms with Crippen molar-refractivity contribution >= 4 is 51.1 Å². The average molecular weight is 613 g/mol. The minimum Gasteiger partial charge on any atom is -0.481 e. The summed E-state index contributed by atoms with van der Waals surface area (Å²) in [6.45, 7) is 14.1. The first kappa shape index (κ1) is 31.7. The summed E-state index contributed by atoms with van der Waals surface area (Å²) < 4.78 is 0. The van der Waals surface area contributed by atoms with E-state index in [0.717, 1.165) is 45.2 Å². The third-order valence-corrected chi connectivity index (χ3v) is 9.32. The highest BCUT2D eigenvalue weighted by molar-refractivity contribution is 6.24. The second-order valence-electron chi connectivity index (χ2n) is 12.4. The van der Waals surface area contributed by atoms with Crippen LogP contribution in [0.1, 0.15) is 116 Å². The lowest BCUT2D eigenvalue weighted by Crippen LogP contribution is -2.13. The van der Waals surface area contributed by atoms with Crippen LogP contribution < -0.4 is 0 Å². The van der Waals surface area contributed by atoms with Gasteiger partial charge in [0.25, 0.3) is 0 Å². The zero-order valence-corrected chi connectivity index (χ0v) is 26.8. The predicted octanol–water partition coefficient (Wildman–Crippen LogP) is 7.01. The van der Waals surface area contributed by atoms with Gasteiger partial charge in [0, 0.05) is 51.6 Å². The van der Waals surface area contributed by atoms with Crippen LogP contribution in [-0.4, -0.2) is 53.2 Å². The fourth-order valence-corrected chi connectivity index (χ4v) is 7.01. The summed E-state index contributed by atoms with van der Waals surface area (Å²) in [5.41, 5.74) is 10.0. The lowest BCUT2D eigenvalue weighted by Gasteiger charge is -2.17. The third-order valence-electron chi connectivity index (χ3n) is 9.32. The quantitative estimate of drug-likeness (QED) is 0.181. The largest absolute Gasteiger partial charge is 0.481 e. The minimum absolute atomic E-state index is 0.0572. The van der Waals surface area contributed by atoms with E-state index in [4.69, 9.17) is 9.97 Å². The first-order valence-electron chi connectivity index (χ1n) is 15.4. The molecule has 10 heteroatoms. The van der Waals surface area contributed by atoms with Crippen LogP contribution in [0.4, 0.5) is 0 Å². The SMILES string of the molecule is CCc1c(C)c2cc3[nH]c(cc4nc(c(CC(=O)O)c5nc(cc1[nH]2)C(C)=C5C(=O)O)[C@@H](CCC(=O)O)[C@@H]4C)c(C)c3C(C)C. The molecule has 2 aliphatic rings. The summed E-state index contributed by atoms with van der Waals surface area (Å²) in [4.78, 5) is 53.6. The number of hydrogen-bond donors (Lipinski definition) is 5. The van der Waals surface area contributed by atoms with E-state index >= 15 is 0 Å². The van der Waals surface area contributed by atoms with Crippen molar-refractivity contribution in [3.8, 4) is 0 Å². The Morgan fingerprint density at radius 1 is 0.867 bits per heavy atom. The molecule has 2 aliphatic heterocycles. The van der Waals surface area contributed by atoms with Gasteiger partial charge >= 0.3 is 17.9 Å². The molecule has 5 N–H and O–H groups in total. The zero-order valence-electron chi connectivity index (χ0n) is 26.8. The molecule has 0 radical (unpaired) electrons. The Hall–Kier alpha value is -4.73. The molecule has 8 bridgehead atoms. The smallest absolute Gasteiger partial charge is 0.338 e. The van der Waals surface area contributed by atoms with Crippen LogP contribution in [0.25, 0.3) is 33.2 Å². The molecule has 0 saturated heterocycles. The van der Waals surface area contributed by atoms with Gasteiger partial charge in [-0.15, -0.1) is 0 Å². The standard InChI is InChI=1S/C35H40N4O6/c1-8-20-16(4)23-14-28-31(15(2)3)18(6)25(37-28)12-24-17(5)21(9-10-29(40)41)33(38-24)22(11-30(42)43)34-32(35(44)45)19(7)26(39-34)13-27(20)36-23/h12-15,17,21,36-37H,8-11H2,1-7H3,(H,40,41)(H,42,43)(H,44,45)/t17-,21-/m0/s1. The highest BCUT2D eigenvalue weighted by Crippen LogP contribution is 2.44. The molecule has 5 rings (SSSR count). The number of nitrogens with zero attached hydrogens (tertiary/aromatic N) is 2. The van der Waals surface area contributed by atoms with Crippen LogP contribution in [-0.2, 0) is 27.2 Å². The Kier molecular flexibility index (Phi) is 8.44. The molecule has 236 valence electrons. The maximum Gasteiger partial charge on any atom is 0.338 e. The number of fused-ring (bicyclic) bond motifs is 8. The van der Waals surface area contributed by atoms with E-state index in [1.54, 1.807) is 6.92 Å². The average Bonchev–Trinajstić information content (AvgIpc) is 3.63. The molecular formula is C35H40N4O6. The molecule has 5 heterocycles. The van der Waals surface area contributed by atoms with Gasteiger partial charge in [-0.3, -0.25) is 14.6 Å². The number of hydrogen-bond acceptors (Lipinski definition) is 5. The van der Waals surface area contributed by atoms with Crippen molar-refractivity contribution in [2.24, 2.45) is 0 Å². The fraction of sp³-hybridized carbons (Fsp3) is 0.400. The molecule has 3 aromatic heterocycles. The summed E-state index contributed by atoms with van der Waals surface area (Å²) >= 11 is 0. The Morgan fingerprint density at radius 2 is 1.53 bits per heavy atom. The van der Waals surface area contributed by atoms with Gasteiger partial charge in [-0.2, -0.15) is 0 Å². The number of aryl methyl sites for hydroxylation is 3. The normalized spacial score (nSPS) is 16.4. The second kappa shape index (κ2) is 12.0. The van der Waals surface area contributed by atoms with E-state index in [0.29, 0.717) is 22.7 Å². The number of H-pyrrole nitrogens is 2. The number of carboxylic acid groups (broad SMARTS) is 3. The van der Waals surface area contributed by atoms with Gasteiger partial charge in [-0.1, -0.05) is 27.7 Å². The maximum atomic E-state index is 12.7. The second-order valence-corrected chi connectivity index (χ2v) is 12.4. The van der Waals surface area contributed by atoms with Crippen molar-refractivity contribution in [3.63, 3.8) is 0 Å². The van der Waals surface area contributed by atoms with Crippen molar-refractivity contribution in [1.29, 1.82) is 0 Å². The number of allylic oxidation sites excluding steroid dienone is 1. The fourth-order valence-electron chi connectivity index (χ4n) is 7.01. The molecule has 0 saturated carbocycles. The molecule has 0 unspecified atom stereocenters. The van der Waals surface area contributed by atoms with Crippen molar-refractivity contribution < 1.29 is 29.7 Å². The summed E-state index contributed by atoms with van der Waals surface area (Å²) in [6.07, 6.45) is 0.282. The number of carbonyl (C=O) groups is 3. The first-order valence-corrected chi connectivity index (χ1v) is 15.4. The van der Waals surface area contributed by atoms with Gasteiger partial charge in [0.15, 0.2) is 0 Å². The highest BCUT2D eigenvalue weighted by Gasteiger charge is 2.35. The number of aromatic nitrogens is 4. The number of nitrogens with one attached hydrogen (secondary N) is 2. The molecular weight excluding hydrogens is 572 g/mol. The van der Waals surface area contributed by atoms with E-state index in [2.05, 4.69) is 50.7 Å². The van der Waals surface area contributed by atoms with E-state index in [-0.39, 0.29) is 41.5 Å². The van der Waals surface area contributed by atoms with Gasteiger partial charge in [0.1, 0.15) is 0 Å². The lowest BCUT2D eigenvalue weighted by atomic mass is 9.84. The van der Waals surface area contributed by atoms with Gasteiger partial charge in [0.05, 0.1) is 29.1 Å². The van der Waals surface area contributed by atoms with Gasteiger partial charge in [-0.25, -0.2) is 9.78 Å². The van der Waals surface area contributed by atoms with E-state index in [1.165, 1.54) is 5.56 Å². The molecule has 0 aromatic carbocycles. The molecule has 2 atom stereocenters. The van der Waals surface area contributed by atoms with Crippen LogP contribution in [0.2, 0.25) is 0 Å². The Morgan fingerprint density at radius 3 is 2.13 bits per heavy atom. The van der Waals surface area contributed by atoms with Crippen molar-refractivity contribution in [2.45, 2.75) is 91.9 Å². The van der Waals surface area contributed by atoms with E-state index in [9.17, 15) is 29.7 Å². The number of aliphatic carboxylic acids is 3. The van der Waals surface area contributed by atoms with Gasteiger partial charge in [-0.05, 0) is 85.6 Å². The third kappa shape index (κ3) is 5.65. The van der Waals surface area contributed by atoms with Crippen LogP contribution in [0.3, 0.4) is 0 Å². The summed E-state index contributed by atoms with van der Waals surface area (Å²) in [6, 6.07) is 5.90. The number of carboxylic acids is 3. The van der Waals surface area contributed by atoms with E-state index in [1.807, 2.05) is 19.1 Å². The molecule has 3 aromatic rings. The summed E-state index contributed by atoms with van der Waals surface area (Å²) in [7, 11) is 0. The molecule has 0 spiro atoms. The van der Waals surface area contributed by atoms with Crippen molar-refractivity contribution in [3.05, 3.63) is 68.8 Å². The van der Waals surface area contributed by atoms with Crippen LogP contribution in [0.5, 0.6) is 0 Å². The van der Waals surface area contributed by atoms with Crippen LogP contribution in [0, 0.1) is 13.8 Å². The van der Waals surface area contributed by atoms with Crippen LogP contribution in [0.15, 0.2) is 18.2 Å². The van der Waals surface area contributed by atoms with E-state index < -0.39 is 30.2 Å². The highest BCUT2D eigenvalue weighted by atomic mass is 16.4. The summed E-state index contributed by atoms with van der Waals surface area (Å²) in [5.74, 6) is -3.84. The zero-order chi connectivity index (χ0) is 32.9. The molecule has 45 heavy (non-hydrogen) atoms. The monoisotopic (exact) mass is 612 g/mol. The Bertz CT molecular complexity index is 1940. The first-order chi connectivity index (χ1) is 21.2. The molecule has 0 fully saturated rings. The molecule has 0 amide bonds. The lowest BCUT2D eigenvalue weighted by molar-refractivity contribution is -0.138.